The lowest BCUT2D eigenvalue weighted by atomic mass is 10.2. The maximum Gasteiger partial charge on any atom is 0.340 e. The third-order valence-electron chi connectivity index (χ3n) is 4.37. The second-order valence-electron chi connectivity index (χ2n) is 6.08. The van der Waals surface area contributed by atoms with Gasteiger partial charge in [0.1, 0.15) is 0 Å². The second kappa shape index (κ2) is 6.64. The summed E-state index contributed by atoms with van der Waals surface area (Å²) in [5.74, 6) is 0.369. The fourth-order valence-corrected chi connectivity index (χ4v) is 2.99. The Balaban J connectivity index is 1.75. The quantitative estimate of drug-likeness (QED) is 0.516. The van der Waals surface area contributed by atoms with Gasteiger partial charge in [-0.05, 0) is 38.1 Å². The molecule has 0 aliphatic heterocycles. The number of fused-ring (bicyclic) bond motifs is 3. The Morgan fingerprint density at radius 1 is 1.15 bits per heavy atom. The van der Waals surface area contributed by atoms with E-state index >= 15 is 0 Å². The van der Waals surface area contributed by atoms with Crippen molar-refractivity contribution in [3.05, 3.63) is 70.0 Å². The standard InChI is InChI=1S/C19H17N5O3/c1-3-23-17(25)14-6-4-5-7-15(14)24-16(21-22-19(23)24)11-27-18(26)13-9-8-12(2)20-10-13/h4-10H,3,11H2,1-2H3. The molecule has 8 heteroatoms. The van der Waals surface area contributed by atoms with Gasteiger partial charge in [-0.1, -0.05) is 12.1 Å². The number of ether oxygens (including phenoxy) is 1. The van der Waals surface area contributed by atoms with E-state index in [1.165, 1.54) is 6.20 Å². The molecule has 4 aromatic rings. The Bertz CT molecular complexity index is 1210. The zero-order valence-corrected chi connectivity index (χ0v) is 14.9. The summed E-state index contributed by atoms with van der Waals surface area (Å²) in [4.78, 5) is 29.0. The molecule has 136 valence electrons. The third kappa shape index (κ3) is 2.84. The highest BCUT2D eigenvalue weighted by molar-refractivity contribution is 5.89. The molecule has 3 aromatic heterocycles. The van der Waals surface area contributed by atoms with Crippen molar-refractivity contribution in [2.24, 2.45) is 0 Å². The Labute approximate surface area is 154 Å². The topological polar surface area (TPSA) is 91.4 Å². The van der Waals surface area contributed by atoms with Gasteiger partial charge in [0, 0.05) is 18.4 Å². The van der Waals surface area contributed by atoms with Gasteiger partial charge < -0.3 is 4.74 Å². The average Bonchev–Trinajstić information content (AvgIpc) is 3.11. The minimum absolute atomic E-state index is 0.0697. The molecule has 0 bridgehead atoms. The fraction of sp³-hybridized carbons (Fsp3) is 0.211. The zero-order valence-electron chi connectivity index (χ0n) is 14.9. The molecule has 0 unspecified atom stereocenters. The smallest absolute Gasteiger partial charge is 0.340 e. The highest BCUT2D eigenvalue weighted by Crippen LogP contribution is 2.15. The molecule has 4 rings (SSSR count). The number of benzene rings is 1. The Hall–Kier alpha value is -3.55. The molecule has 3 heterocycles. The number of aryl methyl sites for hydroxylation is 2. The molecule has 0 saturated heterocycles. The molecule has 8 nitrogen and oxygen atoms in total. The van der Waals surface area contributed by atoms with Crippen LogP contribution in [-0.2, 0) is 17.9 Å². The molecule has 0 fully saturated rings. The number of carbonyl (C=O) groups excluding carboxylic acids is 1. The molecule has 0 spiro atoms. The van der Waals surface area contributed by atoms with E-state index in [0.717, 1.165) is 5.69 Å². The number of hydrogen-bond donors (Lipinski definition) is 0. The highest BCUT2D eigenvalue weighted by Gasteiger charge is 2.17. The van der Waals surface area contributed by atoms with Crippen molar-refractivity contribution >= 4 is 22.6 Å². The van der Waals surface area contributed by atoms with Gasteiger partial charge in [-0.2, -0.15) is 0 Å². The summed E-state index contributed by atoms with van der Waals surface area (Å²) in [6.07, 6.45) is 1.48. The van der Waals surface area contributed by atoms with Crippen molar-refractivity contribution in [1.29, 1.82) is 0 Å². The second-order valence-corrected chi connectivity index (χ2v) is 6.08. The molecule has 0 radical (unpaired) electrons. The fourth-order valence-electron chi connectivity index (χ4n) is 2.99. The number of rotatable bonds is 4. The normalized spacial score (nSPS) is 11.2. The molecule has 1 aromatic carbocycles. The molecule has 0 amide bonds. The summed E-state index contributed by atoms with van der Waals surface area (Å²) in [5, 5.41) is 8.83. The number of aromatic nitrogens is 5. The van der Waals surface area contributed by atoms with Crippen LogP contribution in [0, 0.1) is 6.92 Å². The van der Waals surface area contributed by atoms with Crippen LogP contribution in [-0.4, -0.2) is 30.1 Å². The van der Waals surface area contributed by atoms with Gasteiger partial charge in [-0.25, -0.2) is 4.79 Å². The summed E-state index contributed by atoms with van der Waals surface area (Å²) in [5.41, 5.74) is 1.74. The number of nitrogens with zero attached hydrogens (tertiary/aromatic N) is 5. The van der Waals surface area contributed by atoms with Crippen molar-refractivity contribution in [2.45, 2.75) is 27.0 Å². The molecular weight excluding hydrogens is 346 g/mol. The van der Waals surface area contributed by atoms with Crippen LogP contribution in [0.1, 0.15) is 28.8 Å². The minimum atomic E-state index is -0.493. The molecule has 0 saturated carbocycles. The predicted molar refractivity (Wildman–Crippen MR) is 98.5 cm³/mol. The van der Waals surface area contributed by atoms with Crippen LogP contribution in [0.3, 0.4) is 0 Å². The number of para-hydroxylation sites is 1. The maximum atomic E-state index is 12.7. The van der Waals surface area contributed by atoms with E-state index in [0.29, 0.717) is 34.6 Å². The van der Waals surface area contributed by atoms with Crippen LogP contribution in [0.15, 0.2) is 47.4 Å². The van der Waals surface area contributed by atoms with Gasteiger partial charge in [-0.15, -0.1) is 10.2 Å². The lowest BCUT2D eigenvalue weighted by Crippen LogP contribution is -2.22. The van der Waals surface area contributed by atoms with Crippen molar-refractivity contribution in [3.63, 3.8) is 0 Å². The van der Waals surface area contributed by atoms with Gasteiger partial charge in [0.25, 0.3) is 5.56 Å². The van der Waals surface area contributed by atoms with E-state index < -0.39 is 5.97 Å². The van der Waals surface area contributed by atoms with Crippen LogP contribution >= 0.6 is 0 Å². The van der Waals surface area contributed by atoms with E-state index in [-0.39, 0.29) is 12.2 Å². The SMILES string of the molecule is CCn1c(=O)c2ccccc2n2c(COC(=O)c3ccc(C)nc3)nnc12. The van der Waals surface area contributed by atoms with Gasteiger partial charge in [0.05, 0.1) is 16.5 Å². The van der Waals surface area contributed by atoms with Crippen molar-refractivity contribution in [2.75, 3.05) is 0 Å². The zero-order chi connectivity index (χ0) is 19.0. The van der Waals surface area contributed by atoms with E-state index in [1.54, 1.807) is 27.2 Å². The van der Waals surface area contributed by atoms with Crippen molar-refractivity contribution in [1.82, 2.24) is 24.1 Å². The van der Waals surface area contributed by atoms with E-state index in [4.69, 9.17) is 4.74 Å². The van der Waals surface area contributed by atoms with Crippen molar-refractivity contribution in [3.8, 4) is 0 Å². The van der Waals surface area contributed by atoms with Crippen LogP contribution in [0.2, 0.25) is 0 Å². The Morgan fingerprint density at radius 2 is 1.96 bits per heavy atom. The van der Waals surface area contributed by atoms with Crippen LogP contribution in [0.25, 0.3) is 16.7 Å². The third-order valence-corrected chi connectivity index (χ3v) is 4.37. The average molecular weight is 363 g/mol. The van der Waals surface area contributed by atoms with E-state index in [1.807, 2.05) is 32.0 Å². The highest BCUT2D eigenvalue weighted by atomic mass is 16.5. The Kier molecular flexibility index (Phi) is 4.15. The summed E-state index contributed by atoms with van der Waals surface area (Å²) >= 11 is 0. The largest absolute Gasteiger partial charge is 0.454 e. The van der Waals surface area contributed by atoms with Gasteiger partial charge in [0.15, 0.2) is 12.4 Å². The molecule has 0 atom stereocenters. The molecule has 0 aliphatic carbocycles. The molecule has 0 N–H and O–H groups in total. The van der Waals surface area contributed by atoms with Crippen LogP contribution < -0.4 is 5.56 Å². The van der Waals surface area contributed by atoms with Gasteiger partial charge >= 0.3 is 5.97 Å². The van der Waals surface area contributed by atoms with Gasteiger partial charge in [-0.3, -0.25) is 18.7 Å². The van der Waals surface area contributed by atoms with E-state index in [9.17, 15) is 9.59 Å². The lowest BCUT2D eigenvalue weighted by Gasteiger charge is -2.10. The lowest BCUT2D eigenvalue weighted by molar-refractivity contribution is 0.0461. The first-order chi connectivity index (χ1) is 13.1. The number of carbonyl (C=O) groups is 1. The summed E-state index contributed by atoms with van der Waals surface area (Å²) in [6, 6.07) is 10.6. The first kappa shape index (κ1) is 16.9. The number of pyridine rings is 1. The first-order valence-corrected chi connectivity index (χ1v) is 8.55. The predicted octanol–water partition coefficient (Wildman–Crippen LogP) is 2.12. The number of esters is 1. The summed E-state index contributed by atoms with van der Waals surface area (Å²) < 4.78 is 8.68. The summed E-state index contributed by atoms with van der Waals surface area (Å²) in [6.45, 7) is 4.10. The number of hydrogen-bond acceptors (Lipinski definition) is 6. The van der Waals surface area contributed by atoms with Crippen molar-refractivity contribution < 1.29 is 9.53 Å². The van der Waals surface area contributed by atoms with Crippen LogP contribution in [0.4, 0.5) is 0 Å². The molecular formula is C19H17N5O3. The minimum Gasteiger partial charge on any atom is -0.454 e. The Morgan fingerprint density at radius 3 is 2.70 bits per heavy atom. The molecule has 27 heavy (non-hydrogen) atoms. The van der Waals surface area contributed by atoms with Crippen LogP contribution in [0.5, 0.6) is 0 Å². The first-order valence-electron chi connectivity index (χ1n) is 8.55. The maximum absolute atomic E-state index is 12.7. The molecule has 0 aliphatic rings. The monoisotopic (exact) mass is 363 g/mol. The van der Waals surface area contributed by atoms with E-state index in [2.05, 4.69) is 15.2 Å². The van der Waals surface area contributed by atoms with Gasteiger partial charge in [0.2, 0.25) is 5.78 Å². The summed E-state index contributed by atoms with van der Waals surface area (Å²) in [7, 11) is 0.